The molecule has 1 fully saturated rings. The van der Waals surface area contributed by atoms with Crippen molar-refractivity contribution in [1.82, 2.24) is 19.7 Å². The van der Waals surface area contributed by atoms with Gasteiger partial charge in [-0.3, -0.25) is 4.79 Å². The van der Waals surface area contributed by atoms with Crippen LogP contribution in [0.25, 0.3) is 22.3 Å². The summed E-state index contributed by atoms with van der Waals surface area (Å²) >= 11 is 0. The third-order valence-electron chi connectivity index (χ3n) is 5.99. The average molecular weight is 457 g/mol. The zero-order chi connectivity index (χ0) is 23.7. The van der Waals surface area contributed by atoms with Gasteiger partial charge in [-0.1, -0.05) is 29.8 Å². The Kier molecular flexibility index (Phi) is 5.98. The van der Waals surface area contributed by atoms with E-state index in [4.69, 9.17) is 9.72 Å². The molecule has 1 saturated heterocycles. The van der Waals surface area contributed by atoms with Crippen molar-refractivity contribution in [3.63, 3.8) is 0 Å². The van der Waals surface area contributed by atoms with E-state index in [2.05, 4.69) is 34.1 Å². The van der Waals surface area contributed by atoms with Crippen molar-refractivity contribution in [2.75, 3.05) is 36.5 Å². The number of hydrogen-bond donors (Lipinski definition) is 1. The molecule has 8 heteroatoms. The Bertz CT molecular complexity index is 1320. The highest BCUT2D eigenvalue weighted by molar-refractivity contribution is 6.13. The fourth-order valence-corrected chi connectivity index (χ4v) is 4.17. The molecule has 0 aliphatic carbocycles. The maximum absolute atomic E-state index is 13.6. The highest BCUT2D eigenvalue weighted by Crippen LogP contribution is 2.29. The molecule has 1 aliphatic heterocycles. The monoisotopic (exact) mass is 456 g/mol. The summed E-state index contributed by atoms with van der Waals surface area (Å²) in [5.41, 5.74) is 4.75. The molecular weight excluding hydrogens is 428 g/mol. The third kappa shape index (κ3) is 4.24. The molecule has 1 amide bonds. The van der Waals surface area contributed by atoms with E-state index in [1.165, 1.54) is 5.56 Å². The molecular formula is C26H28N6O2. The van der Waals surface area contributed by atoms with Crippen LogP contribution in [0.2, 0.25) is 0 Å². The van der Waals surface area contributed by atoms with E-state index in [9.17, 15) is 4.79 Å². The lowest BCUT2D eigenvalue weighted by Gasteiger charge is -2.29. The summed E-state index contributed by atoms with van der Waals surface area (Å²) in [6.07, 6.45) is 3.47. The van der Waals surface area contributed by atoms with E-state index in [0.29, 0.717) is 30.1 Å². The number of ether oxygens (including phenoxy) is 1. The van der Waals surface area contributed by atoms with E-state index in [-0.39, 0.29) is 11.9 Å². The van der Waals surface area contributed by atoms with Gasteiger partial charge in [0.2, 0.25) is 0 Å². The van der Waals surface area contributed by atoms with Crippen molar-refractivity contribution in [2.24, 2.45) is 0 Å². The van der Waals surface area contributed by atoms with Crippen LogP contribution in [0, 0.1) is 6.92 Å². The summed E-state index contributed by atoms with van der Waals surface area (Å²) in [7, 11) is 0. The molecule has 5 rings (SSSR count). The van der Waals surface area contributed by atoms with Crippen molar-refractivity contribution in [2.45, 2.75) is 26.8 Å². The molecule has 8 nitrogen and oxygen atoms in total. The van der Waals surface area contributed by atoms with Gasteiger partial charge in [0.15, 0.2) is 11.5 Å². The Balaban J connectivity index is 1.57. The van der Waals surface area contributed by atoms with Gasteiger partial charge in [0, 0.05) is 30.9 Å². The molecule has 34 heavy (non-hydrogen) atoms. The molecule has 0 unspecified atom stereocenters. The summed E-state index contributed by atoms with van der Waals surface area (Å²) in [4.78, 5) is 25.2. The fraction of sp³-hybridized carbons (Fsp3) is 0.308. The average Bonchev–Trinajstić information content (AvgIpc) is 3.29. The van der Waals surface area contributed by atoms with Crippen molar-refractivity contribution in [3.05, 3.63) is 66.0 Å². The van der Waals surface area contributed by atoms with Gasteiger partial charge in [-0.2, -0.15) is 5.10 Å². The van der Waals surface area contributed by atoms with Gasteiger partial charge in [-0.05, 0) is 39.0 Å². The smallest absolute Gasteiger partial charge is 0.256 e. The Morgan fingerprint density at radius 1 is 1.12 bits per heavy atom. The number of aryl methyl sites for hydroxylation is 1. The summed E-state index contributed by atoms with van der Waals surface area (Å²) < 4.78 is 7.33. The van der Waals surface area contributed by atoms with Crippen LogP contribution in [-0.4, -0.2) is 52.0 Å². The normalized spacial score (nSPS) is 14.1. The Labute approximate surface area is 198 Å². The molecule has 3 aromatic heterocycles. The zero-order valence-electron chi connectivity index (χ0n) is 19.7. The molecule has 0 spiro atoms. The molecule has 1 aliphatic rings. The van der Waals surface area contributed by atoms with Gasteiger partial charge >= 0.3 is 0 Å². The lowest BCUT2D eigenvalue weighted by Crippen LogP contribution is -2.37. The SMILES string of the molecule is Cc1ccc(-c2cc(C(=O)Nc3cccnc3N3CCOCC3)c3cnn(C(C)C)c3n2)cc1. The van der Waals surface area contributed by atoms with E-state index in [1.54, 1.807) is 12.4 Å². The number of hydrogen-bond acceptors (Lipinski definition) is 6. The quantitative estimate of drug-likeness (QED) is 0.477. The highest BCUT2D eigenvalue weighted by Gasteiger charge is 2.21. The first-order valence-electron chi connectivity index (χ1n) is 11.6. The van der Waals surface area contributed by atoms with E-state index < -0.39 is 0 Å². The number of anilines is 2. The minimum Gasteiger partial charge on any atom is -0.378 e. The molecule has 174 valence electrons. The zero-order valence-corrected chi connectivity index (χ0v) is 19.7. The van der Waals surface area contributed by atoms with Gasteiger partial charge < -0.3 is 15.0 Å². The molecule has 4 heterocycles. The number of amides is 1. The summed E-state index contributed by atoms with van der Waals surface area (Å²) in [6.45, 7) is 8.91. The minimum atomic E-state index is -0.216. The van der Waals surface area contributed by atoms with E-state index in [1.807, 2.05) is 54.1 Å². The van der Waals surface area contributed by atoms with Crippen molar-refractivity contribution < 1.29 is 9.53 Å². The van der Waals surface area contributed by atoms with Gasteiger partial charge in [0.25, 0.3) is 5.91 Å². The molecule has 4 aromatic rings. The first kappa shape index (κ1) is 22.0. The van der Waals surface area contributed by atoms with Crippen LogP contribution in [0.5, 0.6) is 0 Å². The van der Waals surface area contributed by atoms with Crippen LogP contribution in [0.3, 0.4) is 0 Å². The number of nitrogens with zero attached hydrogens (tertiary/aromatic N) is 5. The first-order chi connectivity index (χ1) is 16.5. The predicted octanol–water partition coefficient (Wildman–Crippen LogP) is 4.47. The lowest BCUT2D eigenvalue weighted by atomic mass is 10.0. The van der Waals surface area contributed by atoms with E-state index >= 15 is 0 Å². The topological polar surface area (TPSA) is 85.2 Å². The molecule has 1 aromatic carbocycles. The number of carbonyl (C=O) groups is 1. The number of morpholine rings is 1. The fourth-order valence-electron chi connectivity index (χ4n) is 4.17. The number of rotatable bonds is 5. The van der Waals surface area contributed by atoms with Crippen LogP contribution in [0.15, 0.2) is 54.9 Å². The first-order valence-corrected chi connectivity index (χ1v) is 11.6. The second kappa shape index (κ2) is 9.23. The molecule has 1 N–H and O–H groups in total. The van der Waals surface area contributed by atoms with Gasteiger partial charge in [-0.25, -0.2) is 14.6 Å². The maximum atomic E-state index is 13.6. The maximum Gasteiger partial charge on any atom is 0.256 e. The number of fused-ring (bicyclic) bond motifs is 1. The molecule has 0 saturated carbocycles. The number of carbonyl (C=O) groups excluding carboxylic acids is 1. The summed E-state index contributed by atoms with van der Waals surface area (Å²) in [6, 6.07) is 13.8. The summed E-state index contributed by atoms with van der Waals surface area (Å²) in [5, 5.41) is 8.34. The largest absolute Gasteiger partial charge is 0.378 e. The number of aromatic nitrogens is 4. The second-order valence-electron chi connectivity index (χ2n) is 8.77. The number of benzene rings is 1. The van der Waals surface area contributed by atoms with Crippen LogP contribution in [0.1, 0.15) is 35.8 Å². The predicted molar refractivity (Wildman–Crippen MR) is 133 cm³/mol. The van der Waals surface area contributed by atoms with Gasteiger partial charge in [0.1, 0.15) is 0 Å². The van der Waals surface area contributed by atoms with E-state index in [0.717, 1.165) is 35.6 Å². The highest BCUT2D eigenvalue weighted by atomic mass is 16.5. The minimum absolute atomic E-state index is 0.112. The standard InChI is InChI=1S/C26H28N6O2/c1-17(2)32-24-21(16-28-32)20(15-23(29-24)19-8-6-18(3)7-9-19)26(33)30-22-5-4-10-27-25(22)31-11-13-34-14-12-31/h4-10,15-17H,11-14H2,1-3H3,(H,30,33). The third-order valence-corrected chi connectivity index (χ3v) is 5.99. The number of pyridine rings is 2. The van der Waals surface area contributed by atoms with Crippen LogP contribution in [0.4, 0.5) is 11.5 Å². The van der Waals surface area contributed by atoms with Crippen molar-refractivity contribution >= 4 is 28.4 Å². The Morgan fingerprint density at radius 3 is 2.62 bits per heavy atom. The molecule has 0 radical (unpaired) electrons. The molecule has 0 bridgehead atoms. The lowest BCUT2D eigenvalue weighted by molar-refractivity contribution is 0.102. The van der Waals surface area contributed by atoms with Crippen LogP contribution in [-0.2, 0) is 4.74 Å². The van der Waals surface area contributed by atoms with Crippen molar-refractivity contribution in [1.29, 1.82) is 0 Å². The number of nitrogens with one attached hydrogen (secondary N) is 1. The Hall–Kier alpha value is -3.78. The second-order valence-corrected chi connectivity index (χ2v) is 8.77. The molecule has 0 atom stereocenters. The Morgan fingerprint density at radius 2 is 1.88 bits per heavy atom. The van der Waals surface area contributed by atoms with Crippen LogP contribution >= 0.6 is 0 Å². The van der Waals surface area contributed by atoms with Gasteiger partial charge in [-0.15, -0.1) is 0 Å². The van der Waals surface area contributed by atoms with Gasteiger partial charge in [0.05, 0.1) is 41.7 Å². The van der Waals surface area contributed by atoms with Crippen LogP contribution < -0.4 is 10.2 Å². The summed E-state index contributed by atoms with van der Waals surface area (Å²) in [5.74, 6) is 0.535. The van der Waals surface area contributed by atoms with Crippen molar-refractivity contribution in [3.8, 4) is 11.3 Å².